The summed E-state index contributed by atoms with van der Waals surface area (Å²) in [5.74, 6) is 0.714. The van der Waals surface area contributed by atoms with Gasteiger partial charge < -0.3 is 4.74 Å². The van der Waals surface area contributed by atoms with Gasteiger partial charge in [0, 0.05) is 6.61 Å². The third kappa shape index (κ3) is 6.11. The van der Waals surface area contributed by atoms with Gasteiger partial charge in [-0.05, 0) is 25.7 Å². The first kappa shape index (κ1) is 10.7. The molecule has 0 spiro atoms. The Bertz CT molecular complexity index is 97.0. The molecule has 0 rings (SSSR count). The first-order chi connectivity index (χ1) is 5.20. The molecule has 1 heteroatoms. The van der Waals surface area contributed by atoms with Gasteiger partial charge in [0.05, 0.1) is 6.10 Å². The first-order valence-electron chi connectivity index (χ1n) is 4.43. The molecule has 66 valence electrons. The fraction of sp³-hybridized carbons (Fsp3) is 0.800. The maximum absolute atomic E-state index is 5.52. The molecular formula is C10H20O. The summed E-state index contributed by atoms with van der Waals surface area (Å²) in [6.07, 6.45) is 4.44. The minimum atomic E-state index is 0.387. The lowest BCUT2D eigenvalue weighted by molar-refractivity contribution is 0.0504. The SMILES string of the molecule is C=CCC(CC(C)C)OCC. The van der Waals surface area contributed by atoms with E-state index < -0.39 is 0 Å². The number of ether oxygens (including phenoxy) is 1. The molecule has 0 bridgehead atoms. The molecule has 0 N–H and O–H groups in total. The highest BCUT2D eigenvalue weighted by Crippen LogP contribution is 2.11. The third-order valence-corrected chi connectivity index (χ3v) is 1.57. The fourth-order valence-corrected chi connectivity index (χ4v) is 1.18. The highest BCUT2D eigenvalue weighted by molar-refractivity contribution is 4.74. The maximum atomic E-state index is 5.52. The second kappa shape index (κ2) is 6.41. The van der Waals surface area contributed by atoms with Crippen molar-refractivity contribution in [1.82, 2.24) is 0 Å². The lowest BCUT2D eigenvalue weighted by Crippen LogP contribution is -2.14. The van der Waals surface area contributed by atoms with E-state index in [1.165, 1.54) is 0 Å². The predicted octanol–water partition coefficient (Wildman–Crippen LogP) is 3.01. The van der Waals surface area contributed by atoms with Crippen molar-refractivity contribution in [2.45, 2.75) is 39.7 Å². The van der Waals surface area contributed by atoms with E-state index in [1.54, 1.807) is 0 Å². The van der Waals surface area contributed by atoms with Crippen molar-refractivity contribution < 1.29 is 4.74 Å². The van der Waals surface area contributed by atoms with Crippen LogP contribution in [-0.2, 0) is 4.74 Å². The molecule has 0 aromatic carbocycles. The van der Waals surface area contributed by atoms with Crippen LogP contribution in [0.3, 0.4) is 0 Å². The van der Waals surface area contributed by atoms with Crippen LogP contribution < -0.4 is 0 Å². The first-order valence-corrected chi connectivity index (χ1v) is 4.43. The van der Waals surface area contributed by atoms with Gasteiger partial charge in [-0.15, -0.1) is 6.58 Å². The van der Waals surface area contributed by atoms with Crippen molar-refractivity contribution in [3.05, 3.63) is 12.7 Å². The Hall–Kier alpha value is -0.300. The van der Waals surface area contributed by atoms with Gasteiger partial charge in [0.25, 0.3) is 0 Å². The van der Waals surface area contributed by atoms with Crippen LogP contribution in [0.2, 0.25) is 0 Å². The van der Waals surface area contributed by atoms with E-state index in [1.807, 2.05) is 13.0 Å². The second-order valence-corrected chi connectivity index (χ2v) is 3.23. The second-order valence-electron chi connectivity index (χ2n) is 3.23. The van der Waals surface area contributed by atoms with Gasteiger partial charge >= 0.3 is 0 Å². The van der Waals surface area contributed by atoms with E-state index in [0.717, 1.165) is 19.4 Å². The predicted molar refractivity (Wildman–Crippen MR) is 49.7 cm³/mol. The van der Waals surface area contributed by atoms with Crippen LogP contribution in [0.4, 0.5) is 0 Å². The van der Waals surface area contributed by atoms with Gasteiger partial charge in [0.2, 0.25) is 0 Å². The molecule has 0 aromatic heterocycles. The maximum Gasteiger partial charge on any atom is 0.0611 e. The average molecular weight is 156 g/mol. The van der Waals surface area contributed by atoms with Gasteiger partial charge in [0.1, 0.15) is 0 Å². The molecule has 1 unspecified atom stereocenters. The van der Waals surface area contributed by atoms with E-state index in [2.05, 4.69) is 20.4 Å². The Kier molecular flexibility index (Phi) is 6.24. The molecule has 0 saturated carbocycles. The van der Waals surface area contributed by atoms with Crippen LogP contribution in [0, 0.1) is 5.92 Å². The number of hydrogen-bond donors (Lipinski definition) is 0. The van der Waals surface area contributed by atoms with Crippen molar-refractivity contribution in [3.63, 3.8) is 0 Å². The molecule has 0 heterocycles. The van der Waals surface area contributed by atoms with Gasteiger partial charge in [-0.3, -0.25) is 0 Å². The van der Waals surface area contributed by atoms with Crippen LogP contribution in [0.25, 0.3) is 0 Å². The molecule has 0 aromatic rings. The van der Waals surface area contributed by atoms with Crippen LogP contribution in [0.5, 0.6) is 0 Å². The summed E-state index contributed by atoms with van der Waals surface area (Å²) in [7, 11) is 0. The molecule has 0 aliphatic carbocycles. The Balaban J connectivity index is 3.58. The van der Waals surface area contributed by atoms with Crippen molar-refractivity contribution in [3.8, 4) is 0 Å². The molecule has 0 saturated heterocycles. The highest BCUT2D eigenvalue weighted by atomic mass is 16.5. The van der Waals surface area contributed by atoms with Crippen molar-refractivity contribution >= 4 is 0 Å². The quantitative estimate of drug-likeness (QED) is 0.537. The van der Waals surface area contributed by atoms with Crippen LogP contribution in [-0.4, -0.2) is 12.7 Å². The zero-order valence-corrected chi connectivity index (χ0v) is 7.97. The van der Waals surface area contributed by atoms with E-state index >= 15 is 0 Å². The molecule has 0 radical (unpaired) electrons. The monoisotopic (exact) mass is 156 g/mol. The zero-order chi connectivity index (χ0) is 8.69. The van der Waals surface area contributed by atoms with Crippen molar-refractivity contribution in [1.29, 1.82) is 0 Å². The summed E-state index contributed by atoms with van der Waals surface area (Å²) < 4.78 is 5.52. The highest BCUT2D eigenvalue weighted by Gasteiger charge is 2.07. The molecular weight excluding hydrogens is 136 g/mol. The molecule has 11 heavy (non-hydrogen) atoms. The fourth-order valence-electron chi connectivity index (χ4n) is 1.18. The van der Waals surface area contributed by atoms with Gasteiger partial charge in [0.15, 0.2) is 0 Å². The minimum Gasteiger partial charge on any atom is -0.378 e. The lowest BCUT2D eigenvalue weighted by atomic mass is 10.0. The standard InChI is InChI=1S/C10H20O/c1-5-7-10(11-6-2)8-9(3)4/h5,9-10H,1,6-8H2,2-4H3. The topological polar surface area (TPSA) is 9.23 Å². The van der Waals surface area contributed by atoms with Crippen LogP contribution in [0.1, 0.15) is 33.6 Å². The summed E-state index contributed by atoms with van der Waals surface area (Å²) in [5.41, 5.74) is 0. The van der Waals surface area contributed by atoms with Gasteiger partial charge in [-0.25, -0.2) is 0 Å². The summed E-state index contributed by atoms with van der Waals surface area (Å²) in [5, 5.41) is 0. The van der Waals surface area contributed by atoms with Crippen LogP contribution in [0.15, 0.2) is 12.7 Å². The van der Waals surface area contributed by atoms with Crippen molar-refractivity contribution in [2.24, 2.45) is 5.92 Å². The summed E-state index contributed by atoms with van der Waals surface area (Å²) >= 11 is 0. The summed E-state index contributed by atoms with van der Waals surface area (Å²) in [6.45, 7) is 11.0. The summed E-state index contributed by atoms with van der Waals surface area (Å²) in [4.78, 5) is 0. The number of rotatable bonds is 6. The molecule has 0 fully saturated rings. The van der Waals surface area contributed by atoms with E-state index in [-0.39, 0.29) is 0 Å². The van der Waals surface area contributed by atoms with Gasteiger partial charge in [-0.1, -0.05) is 19.9 Å². The molecule has 1 atom stereocenters. The Morgan fingerprint density at radius 2 is 2.09 bits per heavy atom. The lowest BCUT2D eigenvalue weighted by Gasteiger charge is -2.16. The van der Waals surface area contributed by atoms with E-state index in [9.17, 15) is 0 Å². The van der Waals surface area contributed by atoms with E-state index in [0.29, 0.717) is 12.0 Å². The smallest absolute Gasteiger partial charge is 0.0611 e. The van der Waals surface area contributed by atoms with Crippen molar-refractivity contribution in [2.75, 3.05) is 6.61 Å². The van der Waals surface area contributed by atoms with Gasteiger partial charge in [-0.2, -0.15) is 0 Å². The number of hydrogen-bond acceptors (Lipinski definition) is 1. The largest absolute Gasteiger partial charge is 0.378 e. The van der Waals surface area contributed by atoms with Crippen LogP contribution >= 0.6 is 0 Å². The van der Waals surface area contributed by atoms with E-state index in [4.69, 9.17) is 4.74 Å². The minimum absolute atomic E-state index is 0.387. The zero-order valence-electron chi connectivity index (χ0n) is 7.97. The molecule has 1 nitrogen and oxygen atoms in total. The average Bonchev–Trinajstić information content (AvgIpc) is 1.87. The Morgan fingerprint density at radius 3 is 2.45 bits per heavy atom. The third-order valence-electron chi connectivity index (χ3n) is 1.57. The molecule has 0 aliphatic rings. The molecule has 0 aliphatic heterocycles. The normalized spacial score (nSPS) is 13.5. The molecule has 0 amide bonds. The Morgan fingerprint density at radius 1 is 1.45 bits per heavy atom. The Labute approximate surface area is 70.4 Å². The summed E-state index contributed by atoms with van der Waals surface area (Å²) in [6, 6.07) is 0.